The lowest BCUT2D eigenvalue weighted by molar-refractivity contribution is 0.372. The first-order valence-electron chi connectivity index (χ1n) is 12.3. The lowest BCUT2D eigenvalue weighted by Crippen LogP contribution is -2.29. The molecule has 3 atom stereocenters. The van der Waals surface area contributed by atoms with E-state index in [1.165, 1.54) is 0 Å². The van der Waals surface area contributed by atoms with Crippen molar-refractivity contribution in [3.8, 4) is 11.5 Å². The normalized spacial score (nSPS) is 20.1. The van der Waals surface area contributed by atoms with Gasteiger partial charge in [0, 0.05) is 28.6 Å². The summed E-state index contributed by atoms with van der Waals surface area (Å²) in [5.74, 6) is 1.84. The topological polar surface area (TPSA) is 76.7 Å². The molecule has 7 heteroatoms. The fraction of sp³-hybridized carbons (Fsp3) is 0.200. The Kier molecular flexibility index (Phi) is 5.80. The molecule has 4 aromatic rings. The average Bonchev–Trinajstić information content (AvgIpc) is 3.42. The van der Waals surface area contributed by atoms with Crippen molar-refractivity contribution in [1.29, 1.82) is 0 Å². The van der Waals surface area contributed by atoms with Crippen molar-refractivity contribution in [2.24, 2.45) is 5.92 Å². The molecular weight excluding hydrogens is 484 g/mol. The highest BCUT2D eigenvalue weighted by atomic mass is 32.2. The van der Waals surface area contributed by atoms with E-state index >= 15 is 0 Å². The highest BCUT2D eigenvalue weighted by Gasteiger charge is 2.39. The second-order valence-corrected chi connectivity index (χ2v) is 11.1. The van der Waals surface area contributed by atoms with E-state index in [1.54, 1.807) is 26.4 Å². The van der Waals surface area contributed by atoms with E-state index < -0.39 is 10.0 Å². The van der Waals surface area contributed by atoms with Gasteiger partial charge in [0.2, 0.25) is 0 Å². The predicted octanol–water partition coefficient (Wildman–Crippen LogP) is 6.48. The zero-order valence-electron chi connectivity index (χ0n) is 20.6. The molecule has 0 saturated carbocycles. The maximum absolute atomic E-state index is 13.5. The second kappa shape index (κ2) is 9.16. The number of sulfonamides is 1. The molecule has 37 heavy (non-hydrogen) atoms. The van der Waals surface area contributed by atoms with Gasteiger partial charge in [0.15, 0.2) is 0 Å². The number of rotatable bonds is 6. The number of anilines is 2. The highest BCUT2D eigenvalue weighted by Crippen LogP contribution is 2.51. The largest absolute Gasteiger partial charge is 0.497 e. The van der Waals surface area contributed by atoms with E-state index in [9.17, 15) is 8.42 Å². The first-order chi connectivity index (χ1) is 18.0. The van der Waals surface area contributed by atoms with Crippen LogP contribution in [0.3, 0.4) is 0 Å². The van der Waals surface area contributed by atoms with Gasteiger partial charge in [-0.25, -0.2) is 8.42 Å². The molecular formula is C30H28N2O4S. The minimum Gasteiger partial charge on any atom is -0.497 e. The Hall–Kier alpha value is -3.97. The summed E-state index contributed by atoms with van der Waals surface area (Å²) in [7, 11) is -0.481. The minimum absolute atomic E-state index is 0.0182. The lowest BCUT2D eigenvalue weighted by atomic mass is 9.77. The SMILES string of the molecule is COc1ccc([C@H]2Nc3ccc(S(=O)(=O)Nc4cccc5ccccc45)cc3[C@H]3C=CC[C@H]32)c(OC)c1. The first kappa shape index (κ1) is 23.4. The summed E-state index contributed by atoms with van der Waals surface area (Å²) in [5.41, 5.74) is 3.55. The molecule has 1 heterocycles. The van der Waals surface area contributed by atoms with Gasteiger partial charge in [0.25, 0.3) is 10.0 Å². The Bertz CT molecular complexity index is 1620. The Morgan fingerprint density at radius 2 is 1.73 bits per heavy atom. The van der Waals surface area contributed by atoms with Gasteiger partial charge in [-0.2, -0.15) is 0 Å². The molecule has 0 saturated heterocycles. The standard InChI is InChI=1S/C30H28N2O4S/c1-35-20-13-15-25(29(17-20)36-2)30-24-11-6-10-23(24)26-18-21(14-16-27(26)31-30)37(33,34)32-28-12-5-8-19-7-3-4-9-22(19)28/h3-10,12-18,23-24,30-32H,11H2,1-2H3/t23-,24+,30-/m0/s1. The van der Waals surface area contributed by atoms with Gasteiger partial charge in [0.1, 0.15) is 11.5 Å². The quantitative estimate of drug-likeness (QED) is 0.289. The third-order valence-corrected chi connectivity index (χ3v) is 8.82. The zero-order chi connectivity index (χ0) is 25.6. The number of methoxy groups -OCH3 is 2. The molecule has 4 aromatic carbocycles. The van der Waals surface area contributed by atoms with Crippen LogP contribution in [0, 0.1) is 5.92 Å². The van der Waals surface area contributed by atoms with Crippen LogP contribution >= 0.6 is 0 Å². The average molecular weight is 513 g/mol. The van der Waals surface area contributed by atoms with Crippen molar-refractivity contribution in [3.63, 3.8) is 0 Å². The number of fused-ring (bicyclic) bond motifs is 4. The number of nitrogens with one attached hydrogen (secondary N) is 2. The van der Waals surface area contributed by atoms with Crippen LogP contribution in [-0.4, -0.2) is 22.6 Å². The summed E-state index contributed by atoms with van der Waals surface area (Å²) < 4.78 is 40.8. The molecule has 0 spiro atoms. The van der Waals surface area contributed by atoms with Crippen molar-refractivity contribution < 1.29 is 17.9 Å². The lowest BCUT2D eigenvalue weighted by Gasteiger charge is -2.38. The number of benzene rings is 4. The van der Waals surface area contributed by atoms with Crippen molar-refractivity contribution in [2.75, 3.05) is 24.3 Å². The number of hydrogen-bond donors (Lipinski definition) is 2. The number of ether oxygens (including phenoxy) is 2. The smallest absolute Gasteiger partial charge is 0.261 e. The van der Waals surface area contributed by atoms with Gasteiger partial charge >= 0.3 is 0 Å². The van der Waals surface area contributed by atoms with Crippen molar-refractivity contribution >= 4 is 32.2 Å². The summed E-state index contributed by atoms with van der Waals surface area (Å²) in [5, 5.41) is 5.52. The molecule has 0 radical (unpaired) electrons. The van der Waals surface area contributed by atoms with Crippen LogP contribution in [0.4, 0.5) is 11.4 Å². The van der Waals surface area contributed by atoms with Crippen molar-refractivity contribution in [2.45, 2.75) is 23.3 Å². The monoisotopic (exact) mass is 512 g/mol. The molecule has 0 amide bonds. The van der Waals surface area contributed by atoms with Gasteiger partial charge in [-0.1, -0.05) is 48.6 Å². The molecule has 6 rings (SSSR count). The van der Waals surface area contributed by atoms with Crippen LogP contribution in [0.15, 0.2) is 95.9 Å². The van der Waals surface area contributed by atoms with Gasteiger partial charge in [0.05, 0.1) is 30.8 Å². The van der Waals surface area contributed by atoms with E-state index in [4.69, 9.17) is 9.47 Å². The molecule has 0 bridgehead atoms. The van der Waals surface area contributed by atoms with Crippen LogP contribution < -0.4 is 19.5 Å². The van der Waals surface area contributed by atoms with Gasteiger partial charge in [-0.15, -0.1) is 0 Å². The van der Waals surface area contributed by atoms with E-state index in [0.717, 1.165) is 45.5 Å². The maximum atomic E-state index is 13.5. The fourth-order valence-corrected chi connectivity index (χ4v) is 6.76. The molecule has 0 aromatic heterocycles. The molecule has 0 fully saturated rings. The highest BCUT2D eigenvalue weighted by molar-refractivity contribution is 7.92. The van der Waals surface area contributed by atoms with Crippen LogP contribution in [-0.2, 0) is 10.0 Å². The summed E-state index contributed by atoms with van der Waals surface area (Å²) in [4.78, 5) is 0.250. The Balaban J connectivity index is 1.36. The third-order valence-electron chi connectivity index (χ3n) is 7.45. The van der Waals surface area contributed by atoms with Crippen LogP contribution in [0.2, 0.25) is 0 Å². The molecule has 6 nitrogen and oxygen atoms in total. The molecule has 188 valence electrons. The summed E-state index contributed by atoms with van der Waals surface area (Å²) in [6, 6.07) is 24.6. The molecule has 0 unspecified atom stereocenters. The fourth-order valence-electron chi connectivity index (χ4n) is 5.64. The van der Waals surface area contributed by atoms with Crippen LogP contribution in [0.25, 0.3) is 10.8 Å². The van der Waals surface area contributed by atoms with Crippen molar-refractivity contribution in [1.82, 2.24) is 0 Å². The third kappa shape index (κ3) is 4.09. The van der Waals surface area contributed by atoms with E-state index in [2.05, 4.69) is 22.2 Å². The Morgan fingerprint density at radius 1 is 0.892 bits per heavy atom. The summed E-state index contributed by atoms with van der Waals surface area (Å²) in [6.07, 6.45) is 5.27. The summed E-state index contributed by atoms with van der Waals surface area (Å²) >= 11 is 0. The van der Waals surface area contributed by atoms with E-state index in [1.807, 2.05) is 66.7 Å². The molecule has 2 aliphatic rings. The van der Waals surface area contributed by atoms with Gasteiger partial charge in [-0.05, 0) is 59.7 Å². The molecule has 1 aliphatic heterocycles. The van der Waals surface area contributed by atoms with Crippen LogP contribution in [0.5, 0.6) is 11.5 Å². The predicted molar refractivity (Wildman–Crippen MR) is 147 cm³/mol. The summed E-state index contributed by atoms with van der Waals surface area (Å²) in [6.45, 7) is 0. The van der Waals surface area contributed by atoms with Gasteiger partial charge < -0.3 is 14.8 Å². The van der Waals surface area contributed by atoms with Crippen molar-refractivity contribution in [3.05, 3.63) is 102 Å². The number of hydrogen-bond acceptors (Lipinski definition) is 5. The number of allylic oxidation sites excluding steroid dienone is 2. The maximum Gasteiger partial charge on any atom is 0.261 e. The Morgan fingerprint density at radius 3 is 2.57 bits per heavy atom. The second-order valence-electron chi connectivity index (χ2n) is 9.46. The zero-order valence-corrected chi connectivity index (χ0v) is 21.5. The Labute approximate surface area is 217 Å². The molecule has 2 N–H and O–H groups in total. The minimum atomic E-state index is -3.79. The van der Waals surface area contributed by atoms with E-state index in [-0.39, 0.29) is 22.8 Å². The van der Waals surface area contributed by atoms with E-state index in [0.29, 0.717) is 5.69 Å². The van der Waals surface area contributed by atoms with Gasteiger partial charge in [-0.3, -0.25) is 4.72 Å². The first-order valence-corrected chi connectivity index (χ1v) is 13.8. The van der Waals surface area contributed by atoms with Crippen LogP contribution in [0.1, 0.15) is 29.5 Å². The molecule has 1 aliphatic carbocycles.